The van der Waals surface area contributed by atoms with Crippen molar-refractivity contribution in [1.82, 2.24) is 10.6 Å². The molecule has 110 valence electrons. The zero-order chi connectivity index (χ0) is 14.8. The van der Waals surface area contributed by atoms with Gasteiger partial charge >= 0.3 is 0 Å². The Balaban J connectivity index is 1.93. The van der Waals surface area contributed by atoms with Crippen LogP contribution in [-0.2, 0) is 21.2 Å². The zero-order valence-electron chi connectivity index (χ0n) is 11.7. The van der Waals surface area contributed by atoms with Crippen molar-refractivity contribution in [2.75, 3.05) is 19.3 Å². The van der Waals surface area contributed by atoms with Crippen LogP contribution in [0.1, 0.15) is 12.5 Å². The first-order chi connectivity index (χ1) is 9.38. The molecule has 1 heterocycles. The molecule has 0 unspecified atom stereocenters. The first-order valence-corrected chi connectivity index (χ1v) is 8.54. The fraction of sp³-hybridized carbons (Fsp3) is 0.500. The third-order valence-corrected chi connectivity index (χ3v) is 4.80. The molecular formula is C14H20N2O3S. The predicted molar refractivity (Wildman–Crippen MR) is 76.9 cm³/mol. The zero-order valence-corrected chi connectivity index (χ0v) is 12.5. The summed E-state index contributed by atoms with van der Waals surface area (Å²) in [6, 6.07) is 6.59. The van der Waals surface area contributed by atoms with E-state index < -0.39 is 9.84 Å². The highest BCUT2D eigenvalue weighted by atomic mass is 32.2. The Bertz CT molecular complexity index is 581. The summed E-state index contributed by atoms with van der Waals surface area (Å²) < 4.78 is 22.7. The van der Waals surface area contributed by atoms with Crippen LogP contribution in [0.25, 0.3) is 0 Å². The highest BCUT2D eigenvalue weighted by Gasteiger charge is 2.29. The monoisotopic (exact) mass is 296 g/mol. The van der Waals surface area contributed by atoms with Gasteiger partial charge in [-0.05, 0) is 30.2 Å². The predicted octanol–water partition coefficient (Wildman–Crippen LogP) is 0.562. The topological polar surface area (TPSA) is 75.3 Å². The Morgan fingerprint density at radius 3 is 2.45 bits per heavy atom. The second kappa shape index (κ2) is 5.93. The lowest BCUT2D eigenvalue weighted by atomic mass is 9.97. The van der Waals surface area contributed by atoms with Gasteiger partial charge in [-0.2, -0.15) is 0 Å². The molecule has 0 saturated carbocycles. The van der Waals surface area contributed by atoms with Crippen LogP contribution in [0.2, 0.25) is 0 Å². The molecule has 0 spiro atoms. The van der Waals surface area contributed by atoms with Crippen molar-refractivity contribution < 1.29 is 13.2 Å². The maximum atomic E-state index is 12.0. The molecule has 2 atom stereocenters. The largest absolute Gasteiger partial charge is 0.352 e. The molecule has 1 fully saturated rings. The molecular weight excluding hydrogens is 276 g/mol. The van der Waals surface area contributed by atoms with Gasteiger partial charge in [0.25, 0.3) is 0 Å². The Kier molecular flexibility index (Phi) is 4.45. The van der Waals surface area contributed by atoms with Gasteiger partial charge in [-0.25, -0.2) is 8.42 Å². The van der Waals surface area contributed by atoms with Crippen LogP contribution in [0.4, 0.5) is 0 Å². The molecule has 2 N–H and O–H groups in total. The first-order valence-electron chi connectivity index (χ1n) is 6.65. The van der Waals surface area contributed by atoms with Gasteiger partial charge in [-0.15, -0.1) is 0 Å². The Labute approximate surface area is 119 Å². The van der Waals surface area contributed by atoms with Crippen molar-refractivity contribution in [3.05, 3.63) is 29.8 Å². The van der Waals surface area contributed by atoms with Gasteiger partial charge in [0.15, 0.2) is 9.84 Å². The summed E-state index contributed by atoms with van der Waals surface area (Å²) in [4.78, 5) is 12.3. The highest BCUT2D eigenvalue weighted by molar-refractivity contribution is 7.90. The van der Waals surface area contributed by atoms with Crippen molar-refractivity contribution in [2.24, 2.45) is 11.8 Å². The van der Waals surface area contributed by atoms with Crippen LogP contribution < -0.4 is 10.6 Å². The van der Waals surface area contributed by atoms with Gasteiger partial charge in [0.05, 0.1) is 10.8 Å². The minimum atomic E-state index is -3.17. The summed E-state index contributed by atoms with van der Waals surface area (Å²) in [5.74, 6) is 0.419. The van der Waals surface area contributed by atoms with Crippen molar-refractivity contribution in [2.45, 2.75) is 18.4 Å². The average Bonchev–Trinajstić information content (AvgIpc) is 2.82. The molecule has 6 heteroatoms. The fourth-order valence-corrected chi connectivity index (χ4v) is 2.97. The quantitative estimate of drug-likeness (QED) is 0.851. The lowest BCUT2D eigenvalue weighted by molar-refractivity contribution is -0.125. The van der Waals surface area contributed by atoms with Crippen molar-refractivity contribution in [1.29, 1.82) is 0 Å². The van der Waals surface area contributed by atoms with E-state index in [0.717, 1.165) is 18.7 Å². The molecule has 0 aromatic heterocycles. The van der Waals surface area contributed by atoms with Gasteiger partial charge in [0.1, 0.15) is 0 Å². The van der Waals surface area contributed by atoms with Crippen LogP contribution in [0, 0.1) is 11.8 Å². The molecule has 1 aromatic rings. The highest BCUT2D eigenvalue weighted by Crippen LogP contribution is 2.16. The third-order valence-electron chi connectivity index (χ3n) is 3.67. The summed E-state index contributed by atoms with van der Waals surface area (Å²) in [5, 5.41) is 6.10. The van der Waals surface area contributed by atoms with E-state index in [9.17, 15) is 13.2 Å². The number of carbonyl (C=O) groups is 1. The van der Waals surface area contributed by atoms with Crippen LogP contribution in [-0.4, -0.2) is 33.7 Å². The van der Waals surface area contributed by atoms with Gasteiger partial charge in [0.2, 0.25) is 5.91 Å². The second-order valence-electron chi connectivity index (χ2n) is 5.38. The number of amides is 1. The van der Waals surface area contributed by atoms with Crippen LogP contribution in [0.15, 0.2) is 29.2 Å². The molecule has 1 amide bonds. The molecule has 1 aliphatic rings. The van der Waals surface area contributed by atoms with Gasteiger partial charge < -0.3 is 10.6 Å². The van der Waals surface area contributed by atoms with Crippen LogP contribution in [0.5, 0.6) is 0 Å². The Morgan fingerprint density at radius 1 is 1.30 bits per heavy atom. The molecule has 1 aromatic carbocycles. The number of carbonyl (C=O) groups excluding carboxylic acids is 1. The Hall–Kier alpha value is -1.40. The molecule has 2 rings (SSSR count). The van der Waals surface area contributed by atoms with E-state index in [2.05, 4.69) is 17.6 Å². The standard InChI is InChI=1S/C14H20N2O3S/c1-10-7-15-9-13(10)14(17)16-8-11-3-5-12(6-4-11)20(2,18)19/h3-6,10,13,15H,7-9H2,1-2H3,(H,16,17)/t10-,13-/m1/s1. The summed E-state index contributed by atoms with van der Waals surface area (Å²) >= 11 is 0. The minimum Gasteiger partial charge on any atom is -0.352 e. The summed E-state index contributed by atoms with van der Waals surface area (Å²) in [6.07, 6.45) is 1.18. The van der Waals surface area contributed by atoms with Gasteiger partial charge in [0, 0.05) is 19.3 Å². The smallest absolute Gasteiger partial charge is 0.224 e. The lowest BCUT2D eigenvalue weighted by Crippen LogP contribution is -2.33. The summed E-state index contributed by atoms with van der Waals surface area (Å²) in [6.45, 7) is 4.08. The van der Waals surface area contributed by atoms with Gasteiger partial charge in [-0.1, -0.05) is 19.1 Å². The van der Waals surface area contributed by atoms with Crippen molar-refractivity contribution in [3.8, 4) is 0 Å². The molecule has 0 bridgehead atoms. The normalized spacial score (nSPS) is 22.7. The number of sulfone groups is 1. The second-order valence-corrected chi connectivity index (χ2v) is 7.39. The lowest BCUT2D eigenvalue weighted by Gasteiger charge is -2.14. The Morgan fingerprint density at radius 2 is 1.95 bits per heavy atom. The number of rotatable bonds is 4. The van der Waals surface area contributed by atoms with E-state index in [1.165, 1.54) is 6.26 Å². The summed E-state index contributed by atoms with van der Waals surface area (Å²) in [5.41, 5.74) is 0.893. The molecule has 1 aliphatic heterocycles. The first kappa shape index (κ1) is 15.0. The van der Waals surface area contributed by atoms with E-state index in [1.807, 2.05) is 0 Å². The number of hydrogen-bond donors (Lipinski definition) is 2. The third kappa shape index (κ3) is 3.58. The molecule has 0 radical (unpaired) electrons. The van der Waals surface area contributed by atoms with E-state index >= 15 is 0 Å². The number of nitrogens with one attached hydrogen (secondary N) is 2. The van der Waals surface area contributed by atoms with E-state index in [4.69, 9.17) is 0 Å². The fourth-order valence-electron chi connectivity index (χ4n) is 2.34. The minimum absolute atomic E-state index is 0.0188. The number of hydrogen-bond acceptors (Lipinski definition) is 4. The van der Waals surface area contributed by atoms with E-state index in [-0.39, 0.29) is 11.8 Å². The molecule has 0 aliphatic carbocycles. The van der Waals surface area contributed by atoms with Crippen LogP contribution in [0.3, 0.4) is 0 Å². The number of benzene rings is 1. The molecule has 1 saturated heterocycles. The van der Waals surface area contributed by atoms with Crippen LogP contribution >= 0.6 is 0 Å². The molecule has 5 nitrogen and oxygen atoms in total. The maximum absolute atomic E-state index is 12.0. The van der Waals surface area contributed by atoms with Crippen molar-refractivity contribution >= 4 is 15.7 Å². The maximum Gasteiger partial charge on any atom is 0.224 e. The van der Waals surface area contributed by atoms with Crippen molar-refractivity contribution in [3.63, 3.8) is 0 Å². The van der Waals surface area contributed by atoms with E-state index in [0.29, 0.717) is 17.4 Å². The average molecular weight is 296 g/mol. The summed E-state index contributed by atoms with van der Waals surface area (Å²) in [7, 11) is -3.17. The van der Waals surface area contributed by atoms with E-state index in [1.54, 1.807) is 24.3 Å². The molecule has 20 heavy (non-hydrogen) atoms. The SMILES string of the molecule is C[C@@H]1CNC[C@H]1C(=O)NCc1ccc(S(C)(=O)=O)cc1. The van der Waals surface area contributed by atoms with Gasteiger partial charge in [-0.3, -0.25) is 4.79 Å².